The molecule has 0 atom stereocenters. The lowest BCUT2D eigenvalue weighted by Gasteiger charge is -2.15. The molecule has 2 aromatic carbocycles. The van der Waals surface area contributed by atoms with Crippen LogP contribution >= 0.6 is 0 Å². The number of benzene rings is 2. The van der Waals surface area contributed by atoms with Crippen molar-refractivity contribution >= 4 is 11.7 Å². The fraction of sp³-hybridized carbons (Fsp3) is 0.440. The number of ether oxygens (including phenoxy) is 1. The van der Waals surface area contributed by atoms with Crippen molar-refractivity contribution in [3.8, 4) is 0 Å². The lowest BCUT2D eigenvalue weighted by atomic mass is 10.0. The summed E-state index contributed by atoms with van der Waals surface area (Å²) in [5.41, 5.74) is 8.10. The number of hydrogen-bond acceptors (Lipinski definition) is 3. The molecule has 0 bridgehead atoms. The molecule has 1 aliphatic rings. The van der Waals surface area contributed by atoms with Gasteiger partial charge in [0.05, 0.1) is 12.1 Å². The summed E-state index contributed by atoms with van der Waals surface area (Å²) in [5, 5.41) is 10.5. The molecule has 5 heteroatoms. The van der Waals surface area contributed by atoms with Crippen molar-refractivity contribution in [1.82, 2.24) is 5.32 Å². The maximum absolute atomic E-state index is 12.3. The van der Waals surface area contributed by atoms with Gasteiger partial charge in [-0.1, -0.05) is 61.7 Å². The van der Waals surface area contributed by atoms with Gasteiger partial charge in [-0.15, -0.1) is 0 Å². The Morgan fingerprint density at radius 3 is 2.27 bits per heavy atom. The zero-order valence-electron chi connectivity index (χ0n) is 17.7. The lowest BCUT2D eigenvalue weighted by molar-refractivity contribution is 0.0943. The van der Waals surface area contributed by atoms with Crippen LogP contribution in [0.2, 0.25) is 0 Å². The van der Waals surface area contributed by atoms with Crippen LogP contribution in [0.15, 0.2) is 54.6 Å². The molecule has 0 aliphatic heterocycles. The first-order valence-corrected chi connectivity index (χ1v) is 11.0. The van der Waals surface area contributed by atoms with Crippen LogP contribution in [0.4, 0.5) is 0 Å². The van der Waals surface area contributed by atoms with Crippen molar-refractivity contribution in [3.63, 3.8) is 0 Å². The number of rotatable bonds is 13. The van der Waals surface area contributed by atoms with Crippen molar-refractivity contribution in [2.24, 2.45) is 5.73 Å². The molecule has 1 aliphatic carbocycles. The molecule has 0 saturated heterocycles. The van der Waals surface area contributed by atoms with E-state index in [0.717, 1.165) is 38.7 Å². The number of nitrogens with one attached hydrogen (secondary N) is 2. The summed E-state index contributed by atoms with van der Waals surface area (Å²) >= 11 is 0. The number of hydrogen-bond donors (Lipinski definition) is 3. The first-order valence-electron chi connectivity index (χ1n) is 11.0. The van der Waals surface area contributed by atoms with E-state index in [2.05, 4.69) is 17.4 Å². The Morgan fingerprint density at radius 1 is 0.933 bits per heavy atom. The van der Waals surface area contributed by atoms with Gasteiger partial charge in [0, 0.05) is 12.2 Å². The number of carbonyl (C=O) groups excluding carboxylic acids is 1. The van der Waals surface area contributed by atoms with Gasteiger partial charge in [-0.05, 0) is 55.4 Å². The van der Waals surface area contributed by atoms with Crippen LogP contribution in [0.25, 0.3) is 0 Å². The summed E-state index contributed by atoms with van der Waals surface area (Å²) in [4.78, 5) is 12.3. The number of nitrogens with two attached hydrogens (primary N) is 1. The molecule has 0 unspecified atom stereocenters. The van der Waals surface area contributed by atoms with Gasteiger partial charge in [0.2, 0.25) is 0 Å². The highest BCUT2D eigenvalue weighted by Gasteiger charge is 2.47. The average Bonchev–Trinajstić information content (AvgIpc) is 3.54. The van der Waals surface area contributed by atoms with E-state index in [1.54, 1.807) is 0 Å². The molecule has 5 nitrogen and oxygen atoms in total. The zero-order valence-corrected chi connectivity index (χ0v) is 17.7. The van der Waals surface area contributed by atoms with E-state index in [1.807, 2.05) is 42.5 Å². The summed E-state index contributed by atoms with van der Waals surface area (Å²) in [5.74, 6) is -0.0982. The van der Waals surface area contributed by atoms with E-state index in [9.17, 15) is 4.79 Å². The van der Waals surface area contributed by atoms with Gasteiger partial charge in [-0.3, -0.25) is 10.2 Å². The van der Waals surface area contributed by atoms with Crippen LogP contribution in [0.1, 0.15) is 66.4 Å². The third kappa shape index (κ3) is 6.70. The van der Waals surface area contributed by atoms with Crippen molar-refractivity contribution < 1.29 is 9.53 Å². The SMILES string of the molecule is N=C(N)C1(NC(=O)c2ccc(CCCCCCCOCc3ccccc3)cc2)CC1. The van der Waals surface area contributed by atoms with Crippen LogP contribution in [-0.2, 0) is 17.8 Å². The molecule has 0 heterocycles. The summed E-state index contributed by atoms with van der Waals surface area (Å²) < 4.78 is 5.72. The molecule has 1 amide bonds. The molecule has 1 saturated carbocycles. The third-order valence-electron chi connectivity index (χ3n) is 5.70. The molecule has 2 aromatic rings. The minimum atomic E-state index is -0.595. The fourth-order valence-corrected chi connectivity index (χ4v) is 3.53. The maximum Gasteiger partial charge on any atom is 0.252 e. The van der Waals surface area contributed by atoms with Gasteiger partial charge < -0.3 is 15.8 Å². The predicted octanol–water partition coefficient (Wildman–Crippen LogP) is 4.59. The average molecular weight is 408 g/mol. The third-order valence-corrected chi connectivity index (χ3v) is 5.70. The Bertz CT molecular complexity index is 814. The highest BCUT2D eigenvalue weighted by atomic mass is 16.5. The molecule has 4 N–H and O–H groups in total. The van der Waals surface area contributed by atoms with Crippen molar-refractivity contribution in [1.29, 1.82) is 5.41 Å². The summed E-state index contributed by atoms with van der Waals surface area (Å²) in [6.07, 6.45) is 8.44. The van der Waals surface area contributed by atoms with Crippen LogP contribution in [0, 0.1) is 5.41 Å². The van der Waals surface area contributed by atoms with E-state index in [0.29, 0.717) is 12.2 Å². The zero-order chi connectivity index (χ0) is 21.2. The fourth-order valence-electron chi connectivity index (χ4n) is 3.53. The van der Waals surface area contributed by atoms with Crippen LogP contribution in [0.3, 0.4) is 0 Å². The van der Waals surface area contributed by atoms with Crippen LogP contribution < -0.4 is 11.1 Å². The van der Waals surface area contributed by atoms with Crippen molar-refractivity contribution in [2.45, 2.75) is 63.5 Å². The molecule has 0 aromatic heterocycles. The summed E-state index contributed by atoms with van der Waals surface area (Å²) in [6.45, 7) is 1.52. The largest absolute Gasteiger partial charge is 0.386 e. The van der Waals surface area contributed by atoms with Gasteiger partial charge >= 0.3 is 0 Å². The number of unbranched alkanes of at least 4 members (excludes halogenated alkanes) is 4. The van der Waals surface area contributed by atoms with E-state index in [1.165, 1.54) is 30.4 Å². The van der Waals surface area contributed by atoms with E-state index in [-0.39, 0.29) is 11.7 Å². The summed E-state index contributed by atoms with van der Waals surface area (Å²) in [6, 6.07) is 18.1. The van der Waals surface area contributed by atoms with Crippen LogP contribution in [-0.4, -0.2) is 23.9 Å². The highest BCUT2D eigenvalue weighted by Crippen LogP contribution is 2.35. The minimum absolute atomic E-state index is 0.0511. The van der Waals surface area contributed by atoms with Crippen molar-refractivity contribution in [3.05, 3.63) is 71.3 Å². The molecule has 160 valence electrons. The van der Waals surface area contributed by atoms with Gasteiger partial charge in [0.1, 0.15) is 5.84 Å². The van der Waals surface area contributed by atoms with Gasteiger partial charge in [-0.2, -0.15) is 0 Å². The predicted molar refractivity (Wildman–Crippen MR) is 121 cm³/mol. The second-order valence-electron chi connectivity index (χ2n) is 8.20. The second kappa shape index (κ2) is 10.9. The number of amidine groups is 1. The molecule has 1 fully saturated rings. The van der Waals surface area contributed by atoms with Gasteiger partial charge in [0.15, 0.2) is 0 Å². The molecule has 30 heavy (non-hydrogen) atoms. The quantitative estimate of drug-likeness (QED) is 0.258. The van der Waals surface area contributed by atoms with Crippen molar-refractivity contribution in [2.75, 3.05) is 6.61 Å². The smallest absolute Gasteiger partial charge is 0.252 e. The normalized spacial score (nSPS) is 14.3. The van der Waals surface area contributed by atoms with Gasteiger partial charge in [0.25, 0.3) is 5.91 Å². The molecule has 0 spiro atoms. The topological polar surface area (TPSA) is 88.2 Å². The Labute approximate surface area is 179 Å². The highest BCUT2D eigenvalue weighted by molar-refractivity contribution is 6.01. The monoisotopic (exact) mass is 407 g/mol. The van der Waals surface area contributed by atoms with E-state index >= 15 is 0 Å². The Kier molecular flexibility index (Phi) is 8.03. The summed E-state index contributed by atoms with van der Waals surface area (Å²) in [7, 11) is 0. The molecule has 3 rings (SSSR count). The minimum Gasteiger partial charge on any atom is -0.386 e. The Hall–Kier alpha value is -2.66. The molecule has 0 radical (unpaired) electrons. The number of carbonyl (C=O) groups is 1. The second-order valence-corrected chi connectivity index (χ2v) is 8.20. The first-order chi connectivity index (χ1) is 14.6. The standard InChI is InChI=1S/C25H33N3O2/c26-24(27)25(16-17-25)28-23(29)22-14-12-20(13-15-22)9-5-2-1-3-8-18-30-19-21-10-6-4-7-11-21/h4,6-7,10-15H,1-3,5,8-9,16-19H2,(H3,26,27)(H,28,29). The van der Waals surface area contributed by atoms with Crippen LogP contribution in [0.5, 0.6) is 0 Å². The first kappa shape index (κ1) is 22.0. The molecular formula is C25H33N3O2. The van der Waals surface area contributed by atoms with E-state index in [4.69, 9.17) is 15.9 Å². The van der Waals surface area contributed by atoms with Gasteiger partial charge in [-0.25, -0.2) is 0 Å². The number of aryl methyl sites for hydroxylation is 1. The Morgan fingerprint density at radius 2 is 1.60 bits per heavy atom. The molecular weight excluding hydrogens is 374 g/mol. The maximum atomic E-state index is 12.3. The van der Waals surface area contributed by atoms with E-state index < -0.39 is 5.54 Å². The lowest BCUT2D eigenvalue weighted by Crippen LogP contribution is -2.46. The number of amides is 1. The Balaban J connectivity index is 1.24.